The van der Waals surface area contributed by atoms with Crippen LogP contribution in [0.2, 0.25) is 0 Å². The van der Waals surface area contributed by atoms with Crippen molar-refractivity contribution in [1.29, 1.82) is 0 Å². The molecule has 9 nitrogen and oxygen atoms in total. The number of esters is 3. The van der Waals surface area contributed by atoms with Crippen LogP contribution < -0.4 is 0 Å². The van der Waals surface area contributed by atoms with Gasteiger partial charge in [0.05, 0.1) is 6.42 Å². The van der Waals surface area contributed by atoms with Crippen LogP contribution in [0.3, 0.4) is 0 Å². The van der Waals surface area contributed by atoms with Crippen molar-refractivity contribution in [3.05, 3.63) is 0 Å². The van der Waals surface area contributed by atoms with Crippen LogP contribution in [0.1, 0.15) is 48.0 Å². The second kappa shape index (κ2) is 9.14. The monoisotopic (exact) mass is 360 g/mol. The topological polar surface area (TPSA) is 133 Å². The standard InChI is InChI=1S/C16H24O9/c1-8(17)7-11(15(22)25-16(4,5)6)24-14(21)9(2)12(13(19)20)23-10(3)18/h9,11-12H,7H2,1-6H3,(H,19,20)/t9-,11-,12-/m1/s1. The summed E-state index contributed by atoms with van der Waals surface area (Å²) in [6.45, 7) is 8.16. The van der Waals surface area contributed by atoms with Gasteiger partial charge >= 0.3 is 23.9 Å². The molecular formula is C16H24O9. The van der Waals surface area contributed by atoms with Gasteiger partial charge in [-0.15, -0.1) is 0 Å². The molecule has 0 aliphatic carbocycles. The van der Waals surface area contributed by atoms with Gasteiger partial charge in [0.1, 0.15) is 17.3 Å². The number of aliphatic carboxylic acids is 1. The van der Waals surface area contributed by atoms with E-state index in [1.54, 1.807) is 20.8 Å². The number of hydrogen-bond acceptors (Lipinski definition) is 8. The molecule has 0 unspecified atom stereocenters. The largest absolute Gasteiger partial charge is 0.478 e. The highest BCUT2D eigenvalue weighted by molar-refractivity contribution is 5.88. The number of hydrogen-bond donors (Lipinski definition) is 1. The van der Waals surface area contributed by atoms with Crippen LogP contribution in [0.15, 0.2) is 0 Å². The molecule has 1 N–H and O–H groups in total. The van der Waals surface area contributed by atoms with Crippen LogP contribution in [-0.4, -0.2) is 52.6 Å². The smallest absolute Gasteiger partial charge is 0.348 e. The number of ketones is 1. The molecule has 0 saturated carbocycles. The molecule has 0 amide bonds. The van der Waals surface area contributed by atoms with Crippen molar-refractivity contribution in [2.75, 3.05) is 0 Å². The number of carboxylic acid groups (broad SMARTS) is 1. The van der Waals surface area contributed by atoms with Gasteiger partial charge in [0.2, 0.25) is 12.2 Å². The summed E-state index contributed by atoms with van der Waals surface area (Å²) in [5.41, 5.74) is -0.870. The number of carboxylic acids is 1. The van der Waals surface area contributed by atoms with Crippen LogP contribution >= 0.6 is 0 Å². The van der Waals surface area contributed by atoms with E-state index in [4.69, 9.17) is 14.6 Å². The van der Waals surface area contributed by atoms with E-state index in [1.807, 2.05) is 0 Å². The lowest BCUT2D eigenvalue weighted by atomic mass is 10.0. The lowest BCUT2D eigenvalue weighted by molar-refractivity contribution is -0.184. The molecule has 0 saturated heterocycles. The van der Waals surface area contributed by atoms with Crippen LogP contribution in [0.4, 0.5) is 0 Å². The molecule has 0 radical (unpaired) electrons. The van der Waals surface area contributed by atoms with Crippen LogP contribution in [-0.2, 0) is 38.2 Å². The number of Topliss-reactive ketones (excluding diaryl/α,β-unsaturated/α-hetero) is 1. The van der Waals surface area contributed by atoms with Crippen molar-refractivity contribution in [3.8, 4) is 0 Å². The van der Waals surface area contributed by atoms with Gasteiger partial charge in [-0.3, -0.25) is 14.4 Å². The van der Waals surface area contributed by atoms with Crippen LogP contribution in [0.5, 0.6) is 0 Å². The van der Waals surface area contributed by atoms with E-state index in [9.17, 15) is 24.0 Å². The average Bonchev–Trinajstić information content (AvgIpc) is 2.40. The SMILES string of the molecule is CC(=O)C[C@@H](OC(=O)[C@H](C)[C@@H](OC(C)=O)C(=O)O)C(=O)OC(C)(C)C. The van der Waals surface area contributed by atoms with E-state index in [2.05, 4.69) is 4.74 Å². The van der Waals surface area contributed by atoms with Crippen molar-refractivity contribution in [2.24, 2.45) is 5.92 Å². The number of carbonyl (C=O) groups excluding carboxylic acids is 4. The number of rotatable bonds is 8. The van der Waals surface area contributed by atoms with Crippen molar-refractivity contribution >= 4 is 29.7 Å². The normalized spacial score (nSPS) is 14.6. The third-order valence-electron chi connectivity index (χ3n) is 2.76. The highest BCUT2D eigenvalue weighted by Gasteiger charge is 2.37. The van der Waals surface area contributed by atoms with Crippen LogP contribution in [0.25, 0.3) is 0 Å². The molecule has 0 fully saturated rings. The third-order valence-corrected chi connectivity index (χ3v) is 2.76. The summed E-state index contributed by atoms with van der Waals surface area (Å²) in [7, 11) is 0. The maximum atomic E-state index is 12.1. The lowest BCUT2D eigenvalue weighted by Gasteiger charge is -2.25. The van der Waals surface area contributed by atoms with E-state index in [0.29, 0.717) is 0 Å². The predicted octanol–water partition coefficient (Wildman–Crippen LogP) is 0.871. The summed E-state index contributed by atoms with van der Waals surface area (Å²) >= 11 is 0. The third kappa shape index (κ3) is 8.83. The molecule has 0 aromatic heterocycles. The first-order valence-corrected chi connectivity index (χ1v) is 7.57. The first kappa shape index (κ1) is 22.6. The van der Waals surface area contributed by atoms with Gasteiger partial charge in [-0.2, -0.15) is 0 Å². The molecule has 0 rings (SSSR count). The zero-order valence-corrected chi connectivity index (χ0v) is 15.2. The molecule has 3 atom stereocenters. The second-order valence-electron chi connectivity index (χ2n) is 6.52. The van der Waals surface area contributed by atoms with Crippen molar-refractivity contribution < 1.29 is 43.3 Å². The minimum atomic E-state index is -1.78. The van der Waals surface area contributed by atoms with Gasteiger partial charge in [0.25, 0.3) is 0 Å². The van der Waals surface area contributed by atoms with Crippen molar-refractivity contribution in [3.63, 3.8) is 0 Å². The fraction of sp³-hybridized carbons (Fsp3) is 0.688. The molecule has 25 heavy (non-hydrogen) atoms. The minimum Gasteiger partial charge on any atom is -0.478 e. The molecule has 0 bridgehead atoms. The van der Waals surface area contributed by atoms with Gasteiger partial charge in [0, 0.05) is 6.92 Å². The maximum absolute atomic E-state index is 12.1. The van der Waals surface area contributed by atoms with Crippen LogP contribution in [0, 0.1) is 5.92 Å². The Labute approximate surface area is 145 Å². The number of carbonyl (C=O) groups is 5. The summed E-state index contributed by atoms with van der Waals surface area (Å²) in [5.74, 6) is -6.28. The summed E-state index contributed by atoms with van der Waals surface area (Å²) < 4.78 is 14.6. The summed E-state index contributed by atoms with van der Waals surface area (Å²) in [5, 5.41) is 9.05. The highest BCUT2D eigenvalue weighted by atomic mass is 16.6. The van der Waals surface area contributed by atoms with E-state index in [-0.39, 0.29) is 0 Å². The molecule has 9 heteroatoms. The zero-order chi connectivity index (χ0) is 19.9. The molecule has 0 aliphatic rings. The molecule has 0 heterocycles. The minimum absolute atomic E-state index is 0.418. The van der Waals surface area contributed by atoms with E-state index in [0.717, 1.165) is 6.92 Å². The van der Waals surface area contributed by atoms with E-state index in [1.165, 1.54) is 13.8 Å². The van der Waals surface area contributed by atoms with Gasteiger partial charge in [-0.25, -0.2) is 9.59 Å². The molecule has 0 aromatic carbocycles. The van der Waals surface area contributed by atoms with Gasteiger partial charge in [-0.05, 0) is 34.6 Å². The van der Waals surface area contributed by atoms with Gasteiger partial charge < -0.3 is 19.3 Å². The predicted molar refractivity (Wildman–Crippen MR) is 83.4 cm³/mol. The Morgan fingerprint density at radius 2 is 1.48 bits per heavy atom. The second-order valence-corrected chi connectivity index (χ2v) is 6.52. The zero-order valence-electron chi connectivity index (χ0n) is 15.2. The van der Waals surface area contributed by atoms with Crippen molar-refractivity contribution in [2.45, 2.75) is 65.8 Å². The lowest BCUT2D eigenvalue weighted by Crippen LogP contribution is -2.41. The molecule has 0 spiro atoms. The first-order valence-electron chi connectivity index (χ1n) is 7.57. The fourth-order valence-corrected chi connectivity index (χ4v) is 1.72. The van der Waals surface area contributed by atoms with E-state index >= 15 is 0 Å². The fourth-order valence-electron chi connectivity index (χ4n) is 1.72. The number of ether oxygens (including phenoxy) is 3. The maximum Gasteiger partial charge on any atom is 0.348 e. The molecule has 0 aliphatic heterocycles. The average molecular weight is 360 g/mol. The quantitative estimate of drug-likeness (QED) is 0.494. The highest BCUT2D eigenvalue weighted by Crippen LogP contribution is 2.16. The summed E-state index contributed by atoms with van der Waals surface area (Å²) in [4.78, 5) is 57.6. The summed E-state index contributed by atoms with van der Waals surface area (Å²) in [6.07, 6.45) is -3.71. The van der Waals surface area contributed by atoms with Gasteiger partial charge in [-0.1, -0.05) is 0 Å². The Balaban J connectivity index is 5.23. The Bertz CT molecular complexity index is 544. The first-order chi connectivity index (χ1) is 11.2. The van der Waals surface area contributed by atoms with E-state index < -0.39 is 59.8 Å². The Kier molecular flexibility index (Phi) is 8.25. The molecule has 0 aromatic rings. The molecule has 142 valence electrons. The molecular weight excluding hydrogens is 336 g/mol. The Morgan fingerprint density at radius 3 is 1.84 bits per heavy atom. The Morgan fingerprint density at radius 1 is 0.960 bits per heavy atom. The van der Waals surface area contributed by atoms with Gasteiger partial charge in [0.15, 0.2) is 0 Å². The summed E-state index contributed by atoms with van der Waals surface area (Å²) in [6, 6.07) is 0. The Hall–Kier alpha value is -2.45. The van der Waals surface area contributed by atoms with Crippen molar-refractivity contribution in [1.82, 2.24) is 0 Å².